The molecule has 0 aliphatic carbocycles. The molecule has 0 saturated carbocycles. The largest absolute Gasteiger partial charge is 0.472 e. The quantitative estimate of drug-likeness (QED) is 0.0222. The molecular weight excluding hydrogens is 1380 g/mol. The topological polar surface area (TPSA) is 237 Å². The molecule has 0 spiro atoms. The first-order chi connectivity index (χ1) is 51.1. The van der Waals surface area contributed by atoms with Gasteiger partial charge in [-0.2, -0.15) is 0 Å². The number of carbonyl (C=O) groups excluding carboxylic acids is 4. The van der Waals surface area contributed by atoms with E-state index >= 15 is 0 Å². The first kappa shape index (κ1) is 104. The highest BCUT2D eigenvalue weighted by Gasteiger charge is 2.31. The minimum absolute atomic E-state index is 0.107. The molecule has 0 heterocycles. The average molecular weight is 1550 g/mol. The molecule has 5 atom stereocenters. The number of rotatable bonds is 84. The number of phosphoric ester groups is 2. The molecule has 0 aliphatic rings. The zero-order valence-corrected chi connectivity index (χ0v) is 71.9. The Morgan fingerprint density at radius 3 is 0.585 bits per heavy atom. The Labute approximate surface area is 651 Å². The fourth-order valence-electron chi connectivity index (χ4n) is 13.5. The maximum atomic E-state index is 13.2. The molecule has 106 heavy (non-hydrogen) atoms. The van der Waals surface area contributed by atoms with Crippen LogP contribution in [0.5, 0.6) is 0 Å². The van der Waals surface area contributed by atoms with Crippen molar-refractivity contribution in [2.24, 2.45) is 23.7 Å². The summed E-state index contributed by atoms with van der Waals surface area (Å²) in [4.78, 5) is 73.3. The summed E-state index contributed by atoms with van der Waals surface area (Å²) in [7, 11) is -9.93. The Morgan fingerprint density at radius 2 is 0.396 bits per heavy atom. The minimum Gasteiger partial charge on any atom is -0.462 e. The van der Waals surface area contributed by atoms with E-state index in [0.29, 0.717) is 25.7 Å². The van der Waals surface area contributed by atoms with Crippen LogP contribution in [0.25, 0.3) is 0 Å². The number of unbranched alkanes of at least 4 members (excludes halogenated alkanes) is 50. The van der Waals surface area contributed by atoms with E-state index in [2.05, 4.69) is 55.4 Å². The second-order valence-electron chi connectivity index (χ2n) is 33.2. The second-order valence-corrected chi connectivity index (χ2v) is 36.1. The second kappa shape index (κ2) is 75.7. The van der Waals surface area contributed by atoms with Gasteiger partial charge in [-0.3, -0.25) is 37.3 Å². The summed E-state index contributed by atoms with van der Waals surface area (Å²) < 4.78 is 68.9. The van der Waals surface area contributed by atoms with Crippen molar-refractivity contribution in [2.75, 3.05) is 39.6 Å². The molecule has 17 nitrogen and oxygen atoms in total. The lowest BCUT2D eigenvalue weighted by Gasteiger charge is -2.21. The molecule has 0 aliphatic heterocycles. The predicted octanol–water partition coefficient (Wildman–Crippen LogP) is 26.3. The molecule has 19 heteroatoms. The molecule has 0 radical (unpaired) electrons. The molecule has 0 aromatic rings. The van der Waals surface area contributed by atoms with Crippen molar-refractivity contribution in [3.8, 4) is 0 Å². The summed E-state index contributed by atoms with van der Waals surface area (Å²) in [5.41, 5.74) is 0. The lowest BCUT2D eigenvalue weighted by Crippen LogP contribution is -2.30. The van der Waals surface area contributed by atoms with E-state index in [9.17, 15) is 43.2 Å². The van der Waals surface area contributed by atoms with Crippen molar-refractivity contribution < 1.29 is 80.2 Å². The van der Waals surface area contributed by atoms with E-state index in [1.807, 2.05) is 0 Å². The molecule has 0 aromatic heterocycles. The van der Waals surface area contributed by atoms with E-state index in [4.69, 9.17) is 37.0 Å². The van der Waals surface area contributed by atoms with Crippen LogP contribution in [0.1, 0.15) is 453 Å². The number of carbonyl (C=O) groups is 4. The van der Waals surface area contributed by atoms with Gasteiger partial charge in [0.25, 0.3) is 0 Å². The standard InChI is InChI=1S/C87H170O17P2/c1-77(2)63-55-47-39-31-25-19-13-9-10-16-23-29-35-45-53-61-69-86(91)103-82(73-97-84(89)67-59-51-43-34-28-22-17-11-14-20-26-32-40-48-56-64-78(3)4)75-101-105(93,94)99-71-81(88)72-100-106(95,96)102-76-83(74-98-85(90)68-60-52-44-38-37-42-50-58-66-80(7)8)104-87(92)70-62-54-46-36-30-24-18-12-15-21-27-33-41-49-57-65-79(5)6/h77-83,88H,9-76H2,1-8H3,(H,93,94)(H,95,96)/t81-,82-,83-/m1/s1. The van der Waals surface area contributed by atoms with Crippen LogP contribution in [0.15, 0.2) is 0 Å². The van der Waals surface area contributed by atoms with Crippen molar-refractivity contribution in [1.82, 2.24) is 0 Å². The number of aliphatic hydroxyl groups is 1. The Bertz CT molecular complexity index is 2060. The number of aliphatic hydroxyl groups excluding tert-OH is 1. The number of ether oxygens (including phenoxy) is 4. The monoisotopic (exact) mass is 1550 g/mol. The summed E-state index contributed by atoms with van der Waals surface area (Å²) in [6.45, 7) is 14.3. The fraction of sp³-hybridized carbons (Fsp3) is 0.954. The van der Waals surface area contributed by atoms with Gasteiger partial charge < -0.3 is 33.8 Å². The maximum Gasteiger partial charge on any atom is 0.472 e. The molecule has 0 amide bonds. The molecule has 0 aromatic carbocycles. The third kappa shape index (κ3) is 80.1. The van der Waals surface area contributed by atoms with Crippen LogP contribution >= 0.6 is 15.6 Å². The van der Waals surface area contributed by atoms with Crippen LogP contribution in [0, 0.1) is 23.7 Å². The SMILES string of the molecule is CC(C)CCCCCCCCCCCCCCCCCCC(=O)O[C@H](COC(=O)CCCCCCCCCCCCCCCCCC(C)C)COP(=O)(O)OC[C@@H](O)COP(=O)(O)OC[C@@H](COC(=O)CCCCCCCCCCC(C)C)OC(=O)CCCCCCCCCCCCCCCCCC(C)C. The fourth-order valence-corrected chi connectivity index (χ4v) is 15.1. The van der Waals surface area contributed by atoms with Crippen LogP contribution in [0.3, 0.4) is 0 Å². The van der Waals surface area contributed by atoms with Crippen LogP contribution in [-0.4, -0.2) is 96.7 Å². The summed E-state index contributed by atoms with van der Waals surface area (Å²) in [5, 5.41) is 10.7. The third-order valence-corrected chi connectivity index (χ3v) is 22.2. The van der Waals surface area contributed by atoms with E-state index in [1.54, 1.807) is 0 Å². The first-order valence-electron chi connectivity index (χ1n) is 44.7. The van der Waals surface area contributed by atoms with Crippen LogP contribution in [-0.2, 0) is 65.4 Å². The van der Waals surface area contributed by atoms with Crippen molar-refractivity contribution in [3.63, 3.8) is 0 Å². The van der Waals surface area contributed by atoms with Gasteiger partial charge in [0.15, 0.2) is 12.2 Å². The average Bonchev–Trinajstić information content (AvgIpc) is 0.903. The zero-order chi connectivity index (χ0) is 78.1. The highest BCUT2D eigenvalue weighted by atomic mass is 31.2. The van der Waals surface area contributed by atoms with E-state index in [0.717, 1.165) is 114 Å². The van der Waals surface area contributed by atoms with E-state index < -0.39 is 97.5 Å². The van der Waals surface area contributed by atoms with E-state index in [1.165, 1.54) is 257 Å². The zero-order valence-electron chi connectivity index (χ0n) is 70.1. The van der Waals surface area contributed by atoms with Gasteiger partial charge in [-0.15, -0.1) is 0 Å². The number of hydrogen-bond acceptors (Lipinski definition) is 15. The van der Waals surface area contributed by atoms with Crippen LogP contribution in [0.4, 0.5) is 0 Å². The molecule has 3 N–H and O–H groups in total. The summed E-state index contributed by atoms with van der Waals surface area (Å²) in [5.74, 6) is 1.04. The number of esters is 4. The summed E-state index contributed by atoms with van der Waals surface area (Å²) in [6, 6.07) is 0. The van der Waals surface area contributed by atoms with Crippen LogP contribution in [0.2, 0.25) is 0 Å². The first-order valence-corrected chi connectivity index (χ1v) is 47.7. The molecule has 0 bridgehead atoms. The van der Waals surface area contributed by atoms with Gasteiger partial charge in [-0.25, -0.2) is 9.13 Å². The van der Waals surface area contributed by atoms with Crippen LogP contribution < -0.4 is 0 Å². The normalized spacial score (nSPS) is 13.9. The lowest BCUT2D eigenvalue weighted by molar-refractivity contribution is -0.161. The predicted molar refractivity (Wildman–Crippen MR) is 437 cm³/mol. The minimum atomic E-state index is -4.97. The molecule has 0 fully saturated rings. The molecular formula is C87H170O17P2. The highest BCUT2D eigenvalue weighted by molar-refractivity contribution is 7.47. The van der Waals surface area contributed by atoms with E-state index in [-0.39, 0.29) is 25.7 Å². The highest BCUT2D eigenvalue weighted by Crippen LogP contribution is 2.45. The van der Waals surface area contributed by atoms with Gasteiger partial charge in [0, 0.05) is 25.7 Å². The number of phosphoric acid groups is 2. The Hall–Kier alpha value is -1.94. The van der Waals surface area contributed by atoms with Gasteiger partial charge in [0.2, 0.25) is 0 Å². The Kier molecular flexibility index (Phi) is 74.3. The molecule has 0 rings (SSSR count). The molecule has 2 unspecified atom stereocenters. The van der Waals surface area contributed by atoms with Gasteiger partial charge in [0.05, 0.1) is 26.4 Å². The Balaban J connectivity index is 5.25. The smallest absolute Gasteiger partial charge is 0.462 e. The molecule has 630 valence electrons. The van der Waals surface area contributed by atoms with Crippen molar-refractivity contribution >= 4 is 39.5 Å². The van der Waals surface area contributed by atoms with Crippen molar-refractivity contribution in [2.45, 2.75) is 472 Å². The van der Waals surface area contributed by atoms with Gasteiger partial charge in [-0.1, -0.05) is 402 Å². The van der Waals surface area contributed by atoms with Gasteiger partial charge in [-0.05, 0) is 49.4 Å². The summed E-state index contributed by atoms with van der Waals surface area (Å²) >= 11 is 0. The number of hydrogen-bond donors (Lipinski definition) is 3. The van der Waals surface area contributed by atoms with Crippen molar-refractivity contribution in [1.29, 1.82) is 0 Å². The lowest BCUT2D eigenvalue weighted by atomic mass is 10.0. The maximum absolute atomic E-state index is 13.2. The summed E-state index contributed by atoms with van der Waals surface area (Å²) in [6.07, 6.45) is 65.3. The molecule has 0 saturated heterocycles. The van der Waals surface area contributed by atoms with Crippen molar-refractivity contribution in [3.05, 3.63) is 0 Å². The third-order valence-electron chi connectivity index (χ3n) is 20.3. The van der Waals surface area contributed by atoms with Gasteiger partial charge in [0.1, 0.15) is 19.3 Å². The van der Waals surface area contributed by atoms with Gasteiger partial charge >= 0.3 is 39.5 Å². The Morgan fingerprint density at radius 1 is 0.236 bits per heavy atom.